The summed E-state index contributed by atoms with van der Waals surface area (Å²) in [4.78, 5) is 24.5. The van der Waals surface area contributed by atoms with Crippen LogP contribution in [0.4, 0.5) is 5.69 Å². The molecule has 0 saturated heterocycles. The molecule has 0 unspecified atom stereocenters. The van der Waals surface area contributed by atoms with Crippen LogP contribution in [0.1, 0.15) is 17.3 Å². The van der Waals surface area contributed by atoms with Crippen LogP contribution in [-0.2, 0) is 9.53 Å². The van der Waals surface area contributed by atoms with Crippen LogP contribution >= 0.6 is 11.6 Å². The summed E-state index contributed by atoms with van der Waals surface area (Å²) in [7, 11) is 1.26. The maximum atomic E-state index is 12.7. The molecule has 2 atom stereocenters. The van der Waals surface area contributed by atoms with Gasteiger partial charge in [-0.1, -0.05) is 23.7 Å². The highest BCUT2D eigenvalue weighted by Gasteiger charge is 2.34. The number of benzene rings is 2. The summed E-state index contributed by atoms with van der Waals surface area (Å²) in [6, 6.07) is 11.6. The Kier molecular flexibility index (Phi) is 4.81. The van der Waals surface area contributed by atoms with Gasteiger partial charge >= 0.3 is 5.97 Å². The number of para-hydroxylation sites is 2. The first-order chi connectivity index (χ1) is 12.0. The lowest BCUT2D eigenvalue weighted by Gasteiger charge is -2.31. The molecule has 2 aromatic carbocycles. The lowest BCUT2D eigenvalue weighted by atomic mass is 10.1. The largest absolute Gasteiger partial charge is 0.482 e. The third-order valence-electron chi connectivity index (χ3n) is 3.75. The van der Waals surface area contributed by atoms with Crippen molar-refractivity contribution in [2.45, 2.75) is 19.1 Å². The fourth-order valence-corrected chi connectivity index (χ4v) is 2.69. The molecule has 0 saturated carbocycles. The van der Waals surface area contributed by atoms with Crippen molar-refractivity contribution in [3.8, 4) is 11.5 Å². The number of nitrogens with one attached hydrogen (secondary N) is 1. The van der Waals surface area contributed by atoms with Crippen LogP contribution in [0.3, 0.4) is 0 Å². The van der Waals surface area contributed by atoms with E-state index in [9.17, 15) is 9.59 Å². The summed E-state index contributed by atoms with van der Waals surface area (Å²) in [6.07, 6.45) is -1.38. The lowest BCUT2D eigenvalue weighted by Crippen LogP contribution is -2.46. The third-order valence-corrected chi connectivity index (χ3v) is 3.98. The summed E-state index contributed by atoms with van der Waals surface area (Å²) >= 11 is 5.97. The molecule has 0 radical (unpaired) electrons. The third kappa shape index (κ3) is 3.53. The van der Waals surface area contributed by atoms with E-state index in [0.29, 0.717) is 16.5 Å². The smallest absolute Gasteiger partial charge is 0.339 e. The Labute approximate surface area is 149 Å². The van der Waals surface area contributed by atoms with E-state index in [0.717, 1.165) is 0 Å². The van der Waals surface area contributed by atoms with E-state index in [1.807, 2.05) is 6.07 Å². The molecular weight excluding hydrogens is 346 g/mol. The molecule has 1 N–H and O–H groups in total. The Morgan fingerprint density at radius 1 is 1.12 bits per heavy atom. The highest BCUT2D eigenvalue weighted by molar-refractivity contribution is 6.31. The van der Waals surface area contributed by atoms with E-state index in [4.69, 9.17) is 25.8 Å². The predicted octanol–water partition coefficient (Wildman–Crippen LogP) is 3.29. The standard InChI is InChI=1S/C18H16ClNO5/c1-10-16(25-15-6-4-3-5-14(15)24-10)17(21)20-13-9-11(19)7-8-12(13)18(22)23-2/h3-10,16H,1-2H3,(H,20,21)/t10-,16+/m0/s1. The van der Waals surface area contributed by atoms with Gasteiger partial charge in [0.05, 0.1) is 18.4 Å². The van der Waals surface area contributed by atoms with E-state index in [1.165, 1.54) is 19.2 Å². The molecule has 0 aromatic heterocycles. The van der Waals surface area contributed by atoms with Crippen molar-refractivity contribution < 1.29 is 23.8 Å². The minimum absolute atomic E-state index is 0.199. The first-order valence-corrected chi connectivity index (χ1v) is 7.98. The molecule has 7 heteroatoms. The average molecular weight is 362 g/mol. The topological polar surface area (TPSA) is 73.9 Å². The van der Waals surface area contributed by atoms with Gasteiger partial charge in [-0.25, -0.2) is 4.79 Å². The number of ether oxygens (including phenoxy) is 3. The van der Waals surface area contributed by atoms with Crippen molar-refractivity contribution in [2.24, 2.45) is 0 Å². The van der Waals surface area contributed by atoms with Gasteiger partial charge in [0, 0.05) is 5.02 Å². The second-order valence-electron chi connectivity index (χ2n) is 5.48. The van der Waals surface area contributed by atoms with Gasteiger partial charge in [-0.05, 0) is 37.3 Å². The number of hydrogen-bond acceptors (Lipinski definition) is 5. The molecule has 0 fully saturated rings. The normalized spacial score (nSPS) is 18.4. The maximum Gasteiger partial charge on any atom is 0.339 e. The number of rotatable bonds is 3. The Morgan fingerprint density at radius 2 is 1.80 bits per heavy atom. The number of anilines is 1. The molecule has 1 amide bonds. The van der Waals surface area contributed by atoms with Crippen LogP contribution in [-0.4, -0.2) is 31.2 Å². The molecule has 1 aliphatic heterocycles. The summed E-state index contributed by atoms with van der Waals surface area (Å²) < 4.78 is 16.2. The summed E-state index contributed by atoms with van der Waals surface area (Å²) in [5, 5.41) is 3.05. The summed E-state index contributed by atoms with van der Waals surface area (Å²) in [6.45, 7) is 1.74. The second-order valence-corrected chi connectivity index (χ2v) is 5.92. The Hall–Kier alpha value is -2.73. The zero-order valence-electron chi connectivity index (χ0n) is 13.6. The van der Waals surface area contributed by atoms with Gasteiger partial charge in [-0.2, -0.15) is 0 Å². The van der Waals surface area contributed by atoms with Crippen LogP contribution in [0.2, 0.25) is 5.02 Å². The first kappa shape index (κ1) is 17.1. The van der Waals surface area contributed by atoms with Crippen LogP contribution in [0.5, 0.6) is 11.5 Å². The number of carbonyl (C=O) groups excluding carboxylic acids is 2. The molecule has 0 aliphatic carbocycles. The molecule has 1 heterocycles. The SMILES string of the molecule is COC(=O)c1ccc(Cl)cc1NC(=O)[C@@H]1Oc2ccccc2O[C@H]1C. The lowest BCUT2D eigenvalue weighted by molar-refractivity contribution is -0.128. The molecule has 0 spiro atoms. The van der Waals surface area contributed by atoms with Crippen molar-refractivity contribution in [1.29, 1.82) is 0 Å². The fraction of sp³-hybridized carbons (Fsp3) is 0.222. The Bertz CT molecular complexity index is 823. The highest BCUT2D eigenvalue weighted by atomic mass is 35.5. The zero-order valence-corrected chi connectivity index (χ0v) is 14.4. The van der Waals surface area contributed by atoms with Crippen molar-refractivity contribution in [3.05, 3.63) is 53.1 Å². The van der Waals surface area contributed by atoms with Gasteiger partial charge in [0.15, 0.2) is 11.5 Å². The monoisotopic (exact) mass is 361 g/mol. The Morgan fingerprint density at radius 3 is 2.48 bits per heavy atom. The number of halogens is 1. The van der Waals surface area contributed by atoms with Crippen LogP contribution in [0.15, 0.2) is 42.5 Å². The van der Waals surface area contributed by atoms with E-state index in [-0.39, 0.29) is 11.3 Å². The molecule has 1 aliphatic rings. The number of fused-ring (bicyclic) bond motifs is 1. The summed E-state index contributed by atoms with van der Waals surface area (Å²) in [5.41, 5.74) is 0.448. The molecule has 2 aromatic rings. The Balaban J connectivity index is 1.83. The van der Waals surface area contributed by atoms with E-state index in [1.54, 1.807) is 31.2 Å². The van der Waals surface area contributed by atoms with Gasteiger partial charge < -0.3 is 19.5 Å². The summed E-state index contributed by atoms with van der Waals surface area (Å²) in [5.74, 6) is 0.0395. The predicted molar refractivity (Wildman–Crippen MR) is 92.4 cm³/mol. The number of methoxy groups -OCH3 is 1. The number of hydrogen-bond donors (Lipinski definition) is 1. The molecule has 6 nitrogen and oxygen atoms in total. The van der Waals surface area contributed by atoms with E-state index in [2.05, 4.69) is 5.32 Å². The second kappa shape index (κ2) is 7.03. The zero-order chi connectivity index (χ0) is 18.0. The van der Waals surface area contributed by atoms with Crippen LogP contribution in [0, 0.1) is 0 Å². The van der Waals surface area contributed by atoms with Gasteiger partial charge in [0.2, 0.25) is 6.10 Å². The minimum Gasteiger partial charge on any atom is -0.482 e. The van der Waals surface area contributed by atoms with Gasteiger partial charge in [-0.3, -0.25) is 4.79 Å². The van der Waals surface area contributed by atoms with E-state index < -0.39 is 24.1 Å². The molecule has 3 rings (SSSR count). The van der Waals surface area contributed by atoms with Crippen molar-refractivity contribution in [2.75, 3.05) is 12.4 Å². The molecule has 130 valence electrons. The number of carbonyl (C=O) groups is 2. The van der Waals surface area contributed by atoms with Crippen LogP contribution < -0.4 is 14.8 Å². The van der Waals surface area contributed by atoms with Crippen LogP contribution in [0.25, 0.3) is 0 Å². The van der Waals surface area contributed by atoms with Gasteiger partial charge in [0.1, 0.15) is 6.10 Å². The first-order valence-electron chi connectivity index (χ1n) is 7.60. The van der Waals surface area contributed by atoms with Gasteiger partial charge in [0.25, 0.3) is 5.91 Å². The quantitative estimate of drug-likeness (QED) is 0.849. The fourth-order valence-electron chi connectivity index (χ4n) is 2.52. The minimum atomic E-state index is -0.876. The van der Waals surface area contributed by atoms with Crippen molar-refractivity contribution in [3.63, 3.8) is 0 Å². The molecule has 0 bridgehead atoms. The molecular formula is C18H16ClNO5. The average Bonchev–Trinajstić information content (AvgIpc) is 2.60. The van der Waals surface area contributed by atoms with E-state index >= 15 is 0 Å². The molecule has 25 heavy (non-hydrogen) atoms. The van der Waals surface area contributed by atoms with Crippen molar-refractivity contribution >= 4 is 29.2 Å². The van der Waals surface area contributed by atoms with Crippen molar-refractivity contribution in [1.82, 2.24) is 0 Å². The maximum absolute atomic E-state index is 12.7. The number of amides is 1. The van der Waals surface area contributed by atoms with Gasteiger partial charge in [-0.15, -0.1) is 0 Å². The number of esters is 1. The highest BCUT2D eigenvalue weighted by Crippen LogP contribution is 2.34.